The molecule has 0 unspecified atom stereocenters. The first-order chi connectivity index (χ1) is 14.5. The van der Waals surface area contributed by atoms with E-state index < -0.39 is 17.6 Å². The van der Waals surface area contributed by atoms with Gasteiger partial charge in [0.25, 0.3) is 5.91 Å². The van der Waals surface area contributed by atoms with Crippen molar-refractivity contribution in [2.75, 3.05) is 23.8 Å². The summed E-state index contributed by atoms with van der Waals surface area (Å²) in [6.45, 7) is 8.72. The van der Waals surface area contributed by atoms with E-state index in [0.29, 0.717) is 17.1 Å². The highest BCUT2D eigenvalue weighted by atomic mass is 16.6. The van der Waals surface area contributed by atoms with E-state index in [2.05, 4.69) is 16.0 Å². The number of hydrogen-bond acceptors (Lipinski definition) is 5. The van der Waals surface area contributed by atoms with Crippen molar-refractivity contribution >= 4 is 29.3 Å². The van der Waals surface area contributed by atoms with Gasteiger partial charge in [-0.25, -0.2) is 4.79 Å². The van der Waals surface area contributed by atoms with E-state index in [-0.39, 0.29) is 19.1 Å². The van der Waals surface area contributed by atoms with Crippen molar-refractivity contribution in [3.05, 3.63) is 53.6 Å². The van der Waals surface area contributed by atoms with Crippen molar-refractivity contribution in [2.45, 2.75) is 40.2 Å². The number of rotatable bonds is 7. The average molecular weight is 428 g/mol. The third-order valence-corrected chi connectivity index (χ3v) is 4.12. The molecule has 166 valence electrons. The number of carbonyl (C=O) groups is 3. The number of aryl methyl sites for hydroxylation is 2. The van der Waals surface area contributed by atoms with Gasteiger partial charge < -0.3 is 25.4 Å². The molecule has 0 saturated carbocycles. The molecular weight excluding hydrogens is 398 g/mol. The van der Waals surface area contributed by atoms with Crippen LogP contribution in [-0.4, -0.2) is 36.7 Å². The Balaban J connectivity index is 1.89. The average Bonchev–Trinajstić information content (AvgIpc) is 2.67. The number of carbonyl (C=O) groups excluding carboxylic acids is 3. The molecule has 3 amide bonds. The van der Waals surface area contributed by atoms with Gasteiger partial charge in [0.1, 0.15) is 17.9 Å². The first kappa shape index (κ1) is 23.7. The minimum absolute atomic E-state index is 0.176. The number of para-hydroxylation sites is 2. The van der Waals surface area contributed by atoms with Gasteiger partial charge in [-0.1, -0.05) is 18.2 Å². The molecule has 0 aromatic heterocycles. The van der Waals surface area contributed by atoms with Crippen molar-refractivity contribution < 1.29 is 23.9 Å². The molecule has 8 heteroatoms. The summed E-state index contributed by atoms with van der Waals surface area (Å²) in [6.07, 6.45) is -0.687. The number of amides is 3. The van der Waals surface area contributed by atoms with Crippen LogP contribution in [0.2, 0.25) is 0 Å². The van der Waals surface area contributed by atoms with Crippen molar-refractivity contribution in [1.82, 2.24) is 5.32 Å². The summed E-state index contributed by atoms with van der Waals surface area (Å²) in [5.74, 6) is -0.223. The van der Waals surface area contributed by atoms with E-state index in [9.17, 15) is 14.4 Å². The van der Waals surface area contributed by atoms with Crippen LogP contribution in [0.4, 0.5) is 16.2 Å². The molecule has 0 aliphatic heterocycles. The van der Waals surface area contributed by atoms with Crippen LogP contribution in [0.1, 0.15) is 31.9 Å². The highest BCUT2D eigenvalue weighted by Crippen LogP contribution is 2.21. The highest BCUT2D eigenvalue weighted by molar-refractivity contribution is 6.01. The first-order valence-corrected chi connectivity index (χ1v) is 9.89. The molecule has 2 rings (SSSR count). The van der Waals surface area contributed by atoms with Gasteiger partial charge >= 0.3 is 6.09 Å². The highest BCUT2D eigenvalue weighted by Gasteiger charge is 2.17. The smallest absolute Gasteiger partial charge is 0.408 e. The van der Waals surface area contributed by atoms with Crippen molar-refractivity contribution in [1.29, 1.82) is 0 Å². The van der Waals surface area contributed by atoms with Crippen LogP contribution >= 0.6 is 0 Å². The zero-order valence-electron chi connectivity index (χ0n) is 18.5. The summed E-state index contributed by atoms with van der Waals surface area (Å²) >= 11 is 0. The number of hydrogen-bond donors (Lipinski definition) is 3. The maximum Gasteiger partial charge on any atom is 0.408 e. The lowest BCUT2D eigenvalue weighted by Gasteiger charge is -2.19. The van der Waals surface area contributed by atoms with Gasteiger partial charge in [-0.05, 0) is 70.0 Å². The lowest BCUT2D eigenvalue weighted by atomic mass is 10.1. The predicted octanol–water partition coefficient (Wildman–Crippen LogP) is 3.78. The Hall–Kier alpha value is -3.55. The van der Waals surface area contributed by atoms with Crippen molar-refractivity contribution in [3.63, 3.8) is 0 Å². The maximum absolute atomic E-state index is 12.3. The second-order valence-electron chi connectivity index (χ2n) is 8.03. The number of benzene rings is 2. The maximum atomic E-state index is 12.3. The van der Waals surface area contributed by atoms with Crippen LogP contribution < -0.4 is 20.7 Å². The summed E-state index contributed by atoms with van der Waals surface area (Å²) in [5.41, 5.74) is 2.38. The molecule has 0 heterocycles. The lowest BCUT2D eigenvalue weighted by molar-refractivity contribution is -0.118. The van der Waals surface area contributed by atoms with Crippen molar-refractivity contribution in [3.8, 4) is 5.75 Å². The van der Waals surface area contributed by atoms with E-state index in [1.165, 1.54) is 0 Å². The molecule has 2 aromatic carbocycles. The van der Waals surface area contributed by atoms with Crippen LogP contribution in [0, 0.1) is 13.8 Å². The molecular formula is C23H29N3O5. The van der Waals surface area contributed by atoms with Gasteiger partial charge in [0, 0.05) is 0 Å². The molecule has 0 aliphatic carbocycles. The number of anilines is 2. The van der Waals surface area contributed by atoms with Crippen molar-refractivity contribution in [2.24, 2.45) is 0 Å². The van der Waals surface area contributed by atoms with Gasteiger partial charge in [-0.3, -0.25) is 9.59 Å². The van der Waals surface area contributed by atoms with Gasteiger partial charge in [0.05, 0.1) is 11.4 Å². The quantitative estimate of drug-likeness (QED) is 0.624. The zero-order valence-corrected chi connectivity index (χ0v) is 18.5. The predicted molar refractivity (Wildman–Crippen MR) is 119 cm³/mol. The lowest BCUT2D eigenvalue weighted by Crippen LogP contribution is -2.37. The SMILES string of the molecule is Cc1ccc(OCC(=O)Nc2ccccc2NC(=O)CNC(=O)OC(C)(C)C)cc1C. The van der Waals surface area contributed by atoms with E-state index in [1.807, 2.05) is 26.0 Å². The molecule has 0 radical (unpaired) electrons. The third-order valence-electron chi connectivity index (χ3n) is 4.12. The molecule has 0 bridgehead atoms. The largest absolute Gasteiger partial charge is 0.484 e. The number of alkyl carbamates (subject to hydrolysis) is 1. The summed E-state index contributed by atoms with van der Waals surface area (Å²) < 4.78 is 10.6. The summed E-state index contributed by atoms with van der Waals surface area (Å²) in [4.78, 5) is 36.1. The number of ether oxygens (including phenoxy) is 2. The topological polar surface area (TPSA) is 106 Å². The van der Waals surface area contributed by atoms with Gasteiger partial charge in [0.15, 0.2) is 6.61 Å². The molecule has 0 atom stereocenters. The molecule has 2 aromatic rings. The summed E-state index contributed by atoms with van der Waals surface area (Å²) in [7, 11) is 0. The van der Waals surface area contributed by atoms with E-state index in [1.54, 1.807) is 51.1 Å². The van der Waals surface area contributed by atoms with Crippen LogP contribution in [-0.2, 0) is 14.3 Å². The molecule has 0 aliphatic rings. The minimum Gasteiger partial charge on any atom is -0.484 e. The van der Waals surface area contributed by atoms with Gasteiger partial charge in [0.2, 0.25) is 5.91 Å². The Morgan fingerprint density at radius 3 is 2.06 bits per heavy atom. The summed E-state index contributed by atoms with van der Waals surface area (Å²) in [5, 5.41) is 7.76. The molecule has 0 saturated heterocycles. The normalized spacial score (nSPS) is 10.7. The van der Waals surface area contributed by atoms with Crippen LogP contribution in [0.15, 0.2) is 42.5 Å². The molecule has 8 nitrogen and oxygen atoms in total. The monoisotopic (exact) mass is 427 g/mol. The van der Waals surface area contributed by atoms with E-state index >= 15 is 0 Å². The Morgan fingerprint density at radius 1 is 0.871 bits per heavy atom. The second-order valence-corrected chi connectivity index (χ2v) is 8.03. The Bertz CT molecular complexity index is 950. The Morgan fingerprint density at radius 2 is 1.48 bits per heavy atom. The summed E-state index contributed by atoms with van der Waals surface area (Å²) in [6, 6.07) is 12.4. The van der Waals surface area contributed by atoms with E-state index in [4.69, 9.17) is 9.47 Å². The second kappa shape index (κ2) is 10.5. The van der Waals surface area contributed by atoms with Crippen LogP contribution in [0.3, 0.4) is 0 Å². The fourth-order valence-corrected chi connectivity index (χ4v) is 2.50. The number of nitrogens with one attached hydrogen (secondary N) is 3. The fraction of sp³-hybridized carbons (Fsp3) is 0.348. The van der Waals surface area contributed by atoms with Crippen LogP contribution in [0.5, 0.6) is 5.75 Å². The van der Waals surface area contributed by atoms with E-state index in [0.717, 1.165) is 11.1 Å². The Labute approximate surface area is 182 Å². The van der Waals surface area contributed by atoms with Gasteiger partial charge in [-0.2, -0.15) is 0 Å². The molecule has 0 spiro atoms. The standard InChI is InChI=1S/C23H29N3O5/c1-15-10-11-17(12-16(15)2)30-14-21(28)26-19-9-7-6-8-18(19)25-20(27)13-24-22(29)31-23(3,4)5/h6-12H,13-14H2,1-5H3,(H,24,29)(H,25,27)(H,26,28). The van der Waals surface area contributed by atoms with Gasteiger partial charge in [-0.15, -0.1) is 0 Å². The molecule has 31 heavy (non-hydrogen) atoms. The Kier molecular flexibility index (Phi) is 8.01. The molecule has 0 fully saturated rings. The molecule has 3 N–H and O–H groups in total. The zero-order chi connectivity index (χ0) is 23.0. The fourth-order valence-electron chi connectivity index (χ4n) is 2.50. The first-order valence-electron chi connectivity index (χ1n) is 9.89. The third kappa shape index (κ3) is 8.38. The minimum atomic E-state index is -0.687. The van der Waals surface area contributed by atoms with Crippen LogP contribution in [0.25, 0.3) is 0 Å².